The van der Waals surface area contributed by atoms with Crippen LogP contribution in [0.1, 0.15) is 42.6 Å². The van der Waals surface area contributed by atoms with Gasteiger partial charge in [-0.3, -0.25) is 9.58 Å². The highest BCUT2D eigenvalue weighted by Gasteiger charge is 2.25. The molecule has 1 saturated heterocycles. The summed E-state index contributed by atoms with van der Waals surface area (Å²) in [5.41, 5.74) is 3.82. The van der Waals surface area contributed by atoms with Crippen LogP contribution in [0.5, 0.6) is 0 Å². The third-order valence-electron chi connectivity index (χ3n) is 4.21. The van der Waals surface area contributed by atoms with E-state index in [0.717, 1.165) is 25.1 Å². The molecule has 0 amide bonds. The maximum atomic E-state index is 8.96. The summed E-state index contributed by atoms with van der Waals surface area (Å²) < 4.78 is 1.98. The van der Waals surface area contributed by atoms with E-state index in [1.54, 1.807) is 0 Å². The van der Waals surface area contributed by atoms with Crippen molar-refractivity contribution >= 4 is 0 Å². The molecular weight excluding hydrogens is 226 g/mol. The first-order chi connectivity index (χ1) is 8.63. The van der Waals surface area contributed by atoms with Crippen LogP contribution in [0.25, 0.3) is 0 Å². The fraction of sp³-hybridized carbons (Fsp3) is 0.786. The Labute approximate surface area is 110 Å². The van der Waals surface area contributed by atoms with Crippen LogP contribution in [0.2, 0.25) is 0 Å². The highest BCUT2D eigenvalue weighted by atomic mass is 16.2. The molecule has 102 valence electrons. The van der Waals surface area contributed by atoms with Gasteiger partial charge in [0.15, 0.2) is 0 Å². The van der Waals surface area contributed by atoms with E-state index in [-0.39, 0.29) is 0 Å². The Morgan fingerprint density at radius 2 is 2.17 bits per heavy atom. The molecule has 4 heteroatoms. The van der Waals surface area contributed by atoms with Crippen LogP contribution in [-0.4, -0.2) is 39.0 Å². The lowest BCUT2D eigenvalue weighted by Crippen LogP contribution is -2.29. The third-order valence-corrected chi connectivity index (χ3v) is 4.21. The quantitative estimate of drug-likeness (QED) is 0.867. The minimum atomic E-state index is 0.315. The van der Waals surface area contributed by atoms with Gasteiger partial charge in [0.2, 0.25) is 0 Å². The molecule has 18 heavy (non-hydrogen) atoms. The van der Waals surface area contributed by atoms with Crippen LogP contribution in [0.15, 0.2) is 0 Å². The summed E-state index contributed by atoms with van der Waals surface area (Å²) >= 11 is 0. The summed E-state index contributed by atoms with van der Waals surface area (Å²) in [5.74, 6) is 0. The molecule has 0 aliphatic carbocycles. The Morgan fingerprint density at radius 3 is 2.78 bits per heavy atom. The van der Waals surface area contributed by atoms with Gasteiger partial charge in [-0.15, -0.1) is 0 Å². The topological polar surface area (TPSA) is 41.3 Å². The lowest BCUT2D eigenvalue weighted by atomic mass is 10.1. The molecule has 2 rings (SSSR count). The van der Waals surface area contributed by atoms with Crippen molar-refractivity contribution in [3.05, 3.63) is 17.0 Å². The van der Waals surface area contributed by atoms with Gasteiger partial charge in [-0.05, 0) is 46.1 Å². The Balaban J connectivity index is 2.03. The third kappa shape index (κ3) is 2.75. The number of hydrogen-bond donors (Lipinski definition) is 1. The average molecular weight is 251 g/mol. The number of aliphatic hydroxyl groups excluding tert-OH is 1. The molecule has 1 N–H and O–H groups in total. The molecular formula is C14H25N3O. The van der Waals surface area contributed by atoms with Gasteiger partial charge in [0.05, 0.1) is 5.69 Å². The molecule has 1 aromatic rings. The molecule has 1 unspecified atom stereocenters. The molecule has 1 aliphatic heterocycles. The summed E-state index contributed by atoms with van der Waals surface area (Å²) in [6, 6.07) is 0.649. The van der Waals surface area contributed by atoms with Crippen LogP contribution in [0.4, 0.5) is 0 Å². The van der Waals surface area contributed by atoms with E-state index in [1.807, 2.05) is 11.7 Å². The molecule has 0 aromatic carbocycles. The van der Waals surface area contributed by atoms with Crippen molar-refractivity contribution in [2.24, 2.45) is 7.05 Å². The monoisotopic (exact) mass is 251 g/mol. The normalized spacial score (nSPS) is 20.8. The first-order valence-electron chi connectivity index (χ1n) is 6.97. The molecule has 1 atom stereocenters. The Hall–Kier alpha value is -0.870. The average Bonchev–Trinajstić information content (AvgIpc) is 2.87. The largest absolute Gasteiger partial charge is 0.396 e. The minimum absolute atomic E-state index is 0.315. The Bertz CT molecular complexity index is 400. The van der Waals surface area contributed by atoms with Crippen molar-refractivity contribution in [2.45, 2.75) is 52.1 Å². The lowest BCUT2D eigenvalue weighted by Gasteiger charge is -2.24. The molecule has 0 radical (unpaired) electrons. The smallest absolute Gasteiger partial charge is 0.0641 e. The molecule has 1 fully saturated rings. The van der Waals surface area contributed by atoms with E-state index in [0.29, 0.717) is 12.6 Å². The Morgan fingerprint density at radius 1 is 1.39 bits per heavy atom. The second kappa shape index (κ2) is 5.85. The predicted molar refractivity (Wildman–Crippen MR) is 72.4 cm³/mol. The zero-order valence-electron chi connectivity index (χ0n) is 11.8. The highest BCUT2D eigenvalue weighted by molar-refractivity contribution is 5.24. The second-order valence-corrected chi connectivity index (χ2v) is 5.41. The molecule has 0 spiro atoms. The van der Waals surface area contributed by atoms with Gasteiger partial charge in [-0.1, -0.05) is 0 Å². The van der Waals surface area contributed by atoms with Crippen molar-refractivity contribution in [2.75, 3.05) is 13.2 Å². The van der Waals surface area contributed by atoms with Crippen molar-refractivity contribution < 1.29 is 5.11 Å². The van der Waals surface area contributed by atoms with Gasteiger partial charge in [0.25, 0.3) is 0 Å². The first-order valence-corrected chi connectivity index (χ1v) is 6.97. The van der Waals surface area contributed by atoms with Gasteiger partial charge >= 0.3 is 0 Å². The predicted octanol–water partition coefficient (Wildman–Crippen LogP) is 1.77. The van der Waals surface area contributed by atoms with Crippen molar-refractivity contribution in [3.8, 4) is 0 Å². The summed E-state index contributed by atoms with van der Waals surface area (Å²) in [7, 11) is 2.01. The van der Waals surface area contributed by atoms with Crippen LogP contribution >= 0.6 is 0 Å². The maximum Gasteiger partial charge on any atom is 0.0641 e. The number of aryl methyl sites for hydroxylation is 2. The summed E-state index contributed by atoms with van der Waals surface area (Å²) in [6.07, 6.45) is 4.60. The number of rotatable bonds is 5. The lowest BCUT2D eigenvalue weighted by molar-refractivity contribution is 0.209. The number of likely N-dealkylation sites (tertiary alicyclic amines) is 1. The molecule has 1 aliphatic rings. The number of aromatic nitrogens is 2. The van der Waals surface area contributed by atoms with Gasteiger partial charge in [-0.2, -0.15) is 5.10 Å². The molecule has 1 aromatic heterocycles. The molecule has 2 heterocycles. The van der Waals surface area contributed by atoms with E-state index in [2.05, 4.69) is 23.8 Å². The Kier molecular flexibility index (Phi) is 4.40. The van der Waals surface area contributed by atoms with Crippen LogP contribution in [0.3, 0.4) is 0 Å². The van der Waals surface area contributed by atoms with Crippen molar-refractivity contribution in [1.29, 1.82) is 0 Å². The van der Waals surface area contributed by atoms with Crippen LogP contribution in [0, 0.1) is 13.8 Å². The van der Waals surface area contributed by atoms with Crippen LogP contribution in [-0.2, 0) is 13.6 Å². The molecule has 4 nitrogen and oxygen atoms in total. The summed E-state index contributed by atoms with van der Waals surface area (Å²) in [6.45, 7) is 6.76. The molecule has 0 saturated carbocycles. The SMILES string of the molecule is Cc1nn(C)c(C)c1CN1CCCC1CCCO. The minimum Gasteiger partial charge on any atom is -0.396 e. The van der Waals surface area contributed by atoms with Crippen molar-refractivity contribution in [3.63, 3.8) is 0 Å². The van der Waals surface area contributed by atoms with Crippen molar-refractivity contribution in [1.82, 2.24) is 14.7 Å². The van der Waals surface area contributed by atoms with Gasteiger partial charge in [0, 0.05) is 37.5 Å². The maximum absolute atomic E-state index is 8.96. The number of hydrogen-bond acceptors (Lipinski definition) is 3. The molecule has 0 bridgehead atoms. The summed E-state index contributed by atoms with van der Waals surface area (Å²) in [4.78, 5) is 2.56. The van der Waals surface area contributed by atoms with Gasteiger partial charge in [0.1, 0.15) is 0 Å². The second-order valence-electron chi connectivity index (χ2n) is 5.41. The standard InChI is InChI=1S/C14H25N3O/c1-11-14(12(2)16(3)15-11)10-17-8-4-6-13(17)7-5-9-18/h13,18H,4-10H2,1-3H3. The van der Waals surface area contributed by atoms with Crippen LogP contribution < -0.4 is 0 Å². The van der Waals surface area contributed by atoms with E-state index < -0.39 is 0 Å². The van der Waals surface area contributed by atoms with Gasteiger partial charge in [-0.25, -0.2) is 0 Å². The van der Waals surface area contributed by atoms with E-state index >= 15 is 0 Å². The highest BCUT2D eigenvalue weighted by Crippen LogP contribution is 2.25. The zero-order chi connectivity index (χ0) is 13.1. The summed E-state index contributed by atoms with van der Waals surface area (Å²) in [5, 5.41) is 13.5. The fourth-order valence-electron chi connectivity index (χ4n) is 3.01. The first kappa shape index (κ1) is 13.6. The number of nitrogens with zero attached hydrogens (tertiary/aromatic N) is 3. The number of aliphatic hydroxyl groups is 1. The fourth-order valence-corrected chi connectivity index (χ4v) is 3.01. The zero-order valence-corrected chi connectivity index (χ0v) is 11.8. The van der Waals surface area contributed by atoms with E-state index in [9.17, 15) is 0 Å². The van der Waals surface area contributed by atoms with Gasteiger partial charge < -0.3 is 5.11 Å². The van der Waals surface area contributed by atoms with E-state index in [1.165, 1.54) is 30.6 Å². The van der Waals surface area contributed by atoms with E-state index in [4.69, 9.17) is 5.11 Å².